The zero-order chi connectivity index (χ0) is 14.5. The van der Waals surface area contributed by atoms with E-state index in [2.05, 4.69) is 20.6 Å². The van der Waals surface area contributed by atoms with E-state index in [0.29, 0.717) is 24.6 Å². The van der Waals surface area contributed by atoms with E-state index in [0.717, 1.165) is 0 Å². The van der Waals surface area contributed by atoms with Crippen LogP contribution in [0.3, 0.4) is 0 Å². The highest BCUT2D eigenvalue weighted by Gasteiger charge is 2.15. The van der Waals surface area contributed by atoms with E-state index in [-0.39, 0.29) is 5.28 Å². The summed E-state index contributed by atoms with van der Waals surface area (Å²) in [5.41, 5.74) is 5.54. The van der Waals surface area contributed by atoms with Crippen LogP contribution in [0, 0.1) is 0 Å². The highest BCUT2D eigenvalue weighted by molar-refractivity contribution is 6.28. The monoisotopic (exact) mass is 287 g/mol. The molecule has 0 atom stereocenters. The molecule has 0 saturated carbocycles. The number of hydrogen-bond donors (Lipinski definition) is 3. The molecule has 1 rings (SSSR count). The van der Waals surface area contributed by atoms with Crippen LogP contribution in [0.5, 0.6) is 0 Å². The number of rotatable bonds is 4. The molecule has 0 aliphatic carbocycles. The lowest BCUT2D eigenvalue weighted by atomic mass is 10.2. The van der Waals surface area contributed by atoms with Gasteiger partial charge in [0.2, 0.25) is 5.28 Å². The van der Waals surface area contributed by atoms with Crippen LogP contribution in [0.25, 0.3) is 0 Å². The van der Waals surface area contributed by atoms with Crippen molar-refractivity contribution in [1.82, 2.24) is 15.3 Å². The van der Waals surface area contributed by atoms with Crippen molar-refractivity contribution >= 4 is 29.2 Å². The minimum atomic E-state index is -0.512. The molecule has 1 aromatic rings. The van der Waals surface area contributed by atoms with Crippen LogP contribution in [-0.2, 0) is 4.74 Å². The van der Waals surface area contributed by atoms with E-state index >= 15 is 0 Å². The maximum Gasteiger partial charge on any atom is 0.407 e. The van der Waals surface area contributed by atoms with Crippen LogP contribution in [0.2, 0.25) is 5.28 Å². The third kappa shape index (κ3) is 6.10. The number of anilines is 2. The smallest absolute Gasteiger partial charge is 0.407 e. The Morgan fingerprint density at radius 1 is 1.47 bits per heavy atom. The number of carbonyl (C=O) groups excluding carboxylic acids is 1. The average molecular weight is 288 g/mol. The SMILES string of the molecule is CC(C)(C)OC(=O)NCCNc1nc(Cl)ncc1N. The molecule has 0 aromatic carbocycles. The first-order valence-electron chi connectivity index (χ1n) is 5.76. The molecule has 0 unspecified atom stereocenters. The van der Waals surface area contributed by atoms with Gasteiger partial charge >= 0.3 is 6.09 Å². The summed E-state index contributed by atoms with van der Waals surface area (Å²) in [7, 11) is 0. The molecule has 106 valence electrons. The number of aromatic nitrogens is 2. The Morgan fingerprint density at radius 2 is 2.16 bits per heavy atom. The molecule has 0 fully saturated rings. The second-order valence-electron chi connectivity index (χ2n) is 4.80. The van der Waals surface area contributed by atoms with Crippen LogP contribution < -0.4 is 16.4 Å². The molecular weight excluding hydrogens is 270 g/mol. The summed E-state index contributed by atoms with van der Waals surface area (Å²) in [6, 6.07) is 0. The fraction of sp³-hybridized carbons (Fsp3) is 0.545. The van der Waals surface area contributed by atoms with Gasteiger partial charge in [0.15, 0.2) is 5.82 Å². The lowest BCUT2D eigenvalue weighted by molar-refractivity contribution is 0.0530. The predicted octanol–water partition coefficient (Wildman–Crippen LogP) is 1.65. The lowest BCUT2D eigenvalue weighted by Crippen LogP contribution is -2.35. The first kappa shape index (κ1) is 15.3. The van der Waals surface area contributed by atoms with Gasteiger partial charge < -0.3 is 21.1 Å². The zero-order valence-electron chi connectivity index (χ0n) is 11.2. The summed E-state index contributed by atoms with van der Waals surface area (Å²) in [6.45, 7) is 6.21. The van der Waals surface area contributed by atoms with Crippen LogP contribution in [0.1, 0.15) is 20.8 Å². The molecule has 1 aromatic heterocycles. The van der Waals surface area contributed by atoms with Crippen LogP contribution in [0.4, 0.5) is 16.3 Å². The molecule has 0 aliphatic heterocycles. The van der Waals surface area contributed by atoms with Crippen molar-refractivity contribution < 1.29 is 9.53 Å². The minimum Gasteiger partial charge on any atom is -0.444 e. The van der Waals surface area contributed by atoms with Gasteiger partial charge in [0.25, 0.3) is 0 Å². The summed E-state index contributed by atoms with van der Waals surface area (Å²) in [6.07, 6.45) is 0.946. The normalized spacial score (nSPS) is 10.9. The van der Waals surface area contributed by atoms with Crippen molar-refractivity contribution in [3.8, 4) is 0 Å². The fourth-order valence-electron chi connectivity index (χ4n) is 1.17. The van der Waals surface area contributed by atoms with Gasteiger partial charge in [-0.15, -0.1) is 0 Å². The highest BCUT2D eigenvalue weighted by atomic mass is 35.5. The van der Waals surface area contributed by atoms with Gasteiger partial charge in [0.1, 0.15) is 5.60 Å². The summed E-state index contributed by atoms with van der Waals surface area (Å²) < 4.78 is 5.08. The summed E-state index contributed by atoms with van der Waals surface area (Å²) in [5.74, 6) is 0.436. The van der Waals surface area contributed by atoms with Gasteiger partial charge in [0, 0.05) is 13.1 Å². The number of alkyl carbamates (subject to hydrolysis) is 1. The molecule has 19 heavy (non-hydrogen) atoms. The Kier molecular flexibility index (Phi) is 5.17. The topological polar surface area (TPSA) is 102 Å². The number of nitrogens with two attached hydrogens (primary N) is 1. The molecule has 8 heteroatoms. The number of halogens is 1. The summed E-state index contributed by atoms with van der Waals surface area (Å²) in [5, 5.41) is 5.65. The second kappa shape index (κ2) is 6.42. The van der Waals surface area contributed by atoms with Crippen molar-refractivity contribution in [3.63, 3.8) is 0 Å². The average Bonchev–Trinajstić information content (AvgIpc) is 2.26. The van der Waals surface area contributed by atoms with Crippen molar-refractivity contribution in [1.29, 1.82) is 0 Å². The molecule has 0 spiro atoms. The number of ether oxygens (including phenoxy) is 1. The van der Waals surface area contributed by atoms with Gasteiger partial charge in [-0.1, -0.05) is 0 Å². The van der Waals surface area contributed by atoms with Crippen LogP contribution in [0.15, 0.2) is 6.20 Å². The van der Waals surface area contributed by atoms with Crippen molar-refractivity contribution in [2.24, 2.45) is 0 Å². The largest absolute Gasteiger partial charge is 0.444 e. The maximum absolute atomic E-state index is 11.4. The predicted molar refractivity (Wildman–Crippen MR) is 74.2 cm³/mol. The molecule has 0 bridgehead atoms. The van der Waals surface area contributed by atoms with Gasteiger partial charge in [-0.05, 0) is 32.4 Å². The van der Waals surface area contributed by atoms with Gasteiger partial charge in [-0.3, -0.25) is 0 Å². The fourth-order valence-corrected chi connectivity index (χ4v) is 1.30. The second-order valence-corrected chi connectivity index (χ2v) is 5.14. The molecular formula is C11H18ClN5O2. The highest BCUT2D eigenvalue weighted by Crippen LogP contribution is 2.15. The standard InChI is InChI=1S/C11H18ClN5O2/c1-11(2,3)19-10(18)15-5-4-14-8-7(13)6-16-9(12)17-8/h6H,4-5,13H2,1-3H3,(H,15,18)(H,14,16,17). The van der Waals surface area contributed by atoms with Gasteiger partial charge in [-0.2, -0.15) is 4.98 Å². The van der Waals surface area contributed by atoms with Crippen LogP contribution >= 0.6 is 11.6 Å². The molecule has 0 aliphatic rings. The number of hydrogen-bond acceptors (Lipinski definition) is 6. The first-order chi connectivity index (χ1) is 8.78. The maximum atomic E-state index is 11.4. The van der Waals surface area contributed by atoms with E-state index in [1.54, 1.807) is 20.8 Å². The number of nitrogens with one attached hydrogen (secondary N) is 2. The Bertz CT molecular complexity index is 447. The molecule has 4 N–H and O–H groups in total. The van der Waals surface area contributed by atoms with Gasteiger partial charge in [0.05, 0.1) is 11.9 Å². The Balaban J connectivity index is 2.31. The summed E-state index contributed by atoms with van der Waals surface area (Å²) in [4.78, 5) is 19.0. The van der Waals surface area contributed by atoms with Crippen molar-refractivity contribution in [3.05, 3.63) is 11.5 Å². The van der Waals surface area contributed by atoms with Crippen LogP contribution in [-0.4, -0.2) is 34.8 Å². The van der Waals surface area contributed by atoms with Crippen molar-refractivity contribution in [2.75, 3.05) is 24.1 Å². The molecule has 1 amide bonds. The van der Waals surface area contributed by atoms with E-state index in [1.807, 2.05) is 0 Å². The Hall–Kier alpha value is -1.76. The number of nitrogens with zero attached hydrogens (tertiary/aromatic N) is 2. The first-order valence-corrected chi connectivity index (χ1v) is 6.14. The molecule has 7 nitrogen and oxygen atoms in total. The molecule has 0 saturated heterocycles. The molecule has 0 radical (unpaired) electrons. The zero-order valence-corrected chi connectivity index (χ0v) is 11.9. The quantitative estimate of drug-likeness (QED) is 0.575. The van der Waals surface area contributed by atoms with E-state index in [9.17, 15) is 4.79 Å². The summed E-state index contributed by atoms with van der Waals surface area (Å²) >= 11 is 5.65. The Labute approximate surface area is 116 Å². The number of carbonyl (C=O) groups is 1. The lowest BCUT2D eigenvalue weighted by Gasteiger charge is -2.19. The van der Waals surface area contributed by atoms with E-state index in [1.165, 1.54) is 6.20 Å². The molecule has 1 heterocycles. The third-order valence-electron chi connectivity index (χ3n) is 1.87. The number of nitrogen functional groups attached to an aromatic ring is 1. The Morgan fingerprint density at radius 3 is 2.79 bits per heavy atom. The number of amides is 1. The van der Waals surface area contributed by atoms with E-state index in [4.69, 9.17) is 22.1 Å². The van der Waals surface area contributed by atoms with Gasteiger partial charge in [-0.25, -0.2) is 9.78 Å². The third-order valence-corrected chi connectivity index (χ3v) is 2.06. The van der Waals surface area contributed by atoms with Crippen molar-refractivity contribution in [2.45, 2.75) is 26.4 Å². The van der Waals surface area contributed by atoms with E-state index < -0.39 is 11.7 Å². The minimum absolute atomic E-state index is 0.108.